The number of rotatable bonds is 7. The second-order valence-electron chi connectivity index (χ2n) is 5.16. The number of nitrogens with one attached hydrogen (secondary N) is 1. The molecule has 0 saturated carbocycles. The van der Waals surface area contributed by atoms with E-state index in [9.17, 15) is 0 Å². The van der Waals surface area contributed by atoms with Crippen LogP contribution in [-0.4, -0.2) is 29.7 Å². The summed E-state index contributed by atoms with van der Waals surface area (Å²) in [4.78, 5) is 8.73. The van der Waals surface area contributed by atoms with E-state index in [1.54, 1.807) is 6.07 Å². The van der Waals surface area contributed by atoms with Crippen molar-refractivity contribution in [2.24, 2.45) is 5.92 Å². The van der Waals surface area contributed by atoms with Gasteiger partial charge in [-0.2, -0.15) is 0 Å². The molecule has 1 aromatic heterocycles. The van der Waals surface area contributed by atoms with Gasteiger partial charge in [0.25, 0.3) is 0 Å². The summed E-state index contributed by atoms with van der Waals surface area (Å²) in [5.41, 5.74) is 0.944. The highest BCUT2D eigenvalue weighted by Gasteiger charge is 2.05. The first-order valence-electron chi connectivity index (χ1n) is 7.07. The Bertz CT molecular complexity index is 561. The molecule has 112 valence electrons. The van der Waals surface area contributed by atoms with Gasteiger partial charge in [-0.15, -0.1) is 0 Å². The van der Waals surface area contributed by atoms with Gasteiger partial charge >= 0.3 is 0 Å². The fraction of sp³-hybridized carbons (Fsp3) is 0.375. The molecule has 0 unspecified atom stereocenters. The Morgan fingerprint density at radius 2 is 1.95 bits per heavy atom. The largest absolute Gasteiger partial charge is 0.379 e. The number of benzene rings is 1. The molecule has 0 bridgehead atoms. The van der Waals surface area contributed by atoms with Crippen LogP contribution in [0.1, 0.15) is 13.8 Å². The molecule has 0 radical (unpaired) electrons. The average molecular weight is 306 g/mol. The number of hydrogen-bond acceptors (Lipinski definition) is 4. The van der Waals surface area contributed by atoms with Gasteiger partial charge in [-0.3, -0.25) is 0 Å². The minimum atomic E-state index is 0.425. The van der Waals surface area contributed by atoms with E-state index in [4.69, 9.17) is 16.3 Å². The highest BCUT2D eigenvalue weighted by Crippen LogP contribution is 2.19. The number of anilines is 1. The van der Waals surface area contributed by atoms with Gasteiger partial charge in [0, 0.05) is 24.8 Å². The minimum absolute atomic E-state index is 0.425. The molecule has 5 heteroatoms. The Morgan fingerprint density at radius 1 is 1.19 bits per heavy atom. The summed E-state index contributed by atoms with van der Waals surface area (Å²) < 4.78 is 5.52. The molecule has 21 heavy (non-hydrogen) atoms. The maximum absolute atomic E-state index is 6.06. The first-order chi connectivity index (χ1) is 10.1. The van der Waals surface area contributed by atoms with Gasteiger partial charge < -0.3 is 10.1 Å². The van der Waals surface area contributed by atoms with E-state index in [1.165, 1.54) is 0 Å². The van der Waals surface area contributed by atoms with E-state index in [-0.39, 0.29) is 0 Å². The van der Waals surface area contributed by atoms with E-state index < -0.39 is 0 Å². The summed E-state index contributed by atoms with van der Waals surface area (Å²) >= 11 is 6.06. The van der Waals surface area contributed by atoms with Crippen LogP contribution >= 0.6 is 11.6 Å². The Hall–Kier alpha value is -1.65. The quantitative estimate of drug-likeness (QED) is 0.623. The fourth-order valence-electron chi connectivity index (χ4n) is 1.79. The van der Waals surface area contributed by atoms with Crippen molar-refractivity contribution in [2.75, 3.05) is 25.1 Å². The maximum Gasteiger partial charge on any atom is 0.163 e. The van der Waals surface area contributed by atoms with Crippen LogP contribution in [0.2, 0.25) is 5.15 Å². The van der Waals surface area contributed by atoms with Gasteiger partial charge in [0.1, 0.15) is 11.0 Å². The van der Waals surface area contributed by atoms with Crippen LogP contribution in [0.3, 0.4) is 0 Å². The fourth-order valence-corrected chi connectivity index (χ4v) is 1.98. The molecular weight excluding hydrogens is 286 g/mol. The van der Waals surface area contributed by atoms with Crippen LogP contribution in [0, 0.1) is 5.92 Å². The summed E-state index contributed by atoms with van der Waals surface area (Å²) in [7, 11) is 0. The summed E-state index contributed by atoms with van der Waals surface area (Å²) in [6.07, 6.45) is 0. The average Bonchev–Trinajstić information content (AvgIpc) is 2.47. The monoisotopic (exact) mass is 305 g/mol. The van der Waals surface area contributed by atoms with Crippen molar-refractivity contribution < 1.29 is 4.74 Å². The number of halogens is 1. The molecule has 1 N–H and O–H groups in total. The third-order valence-electron chi connectivity index (χ3n) is 2.73. The number of ether oxygens (including phenoxy) is 1. The number of aromatic nitrogens is 2. The van der Waals surface area contributed by atoms with Crippen LogP contribution < -0.4 is 5.32 Å². The van der Waals surface area contributed by atoms with Crippen molar-refractivity contribution in [3.05, 3.63) is 41.6 Å². The second-order valence-corrected chi connectivity index (χ2v) is 5.55. The standard InChI is InChI=1S/C16H20ClN3O/c1-12(2)11-21-9-8-18-15-10-14(17)19-16(20-15)13-6-4-3-5-7-13/h3-7,10,12H,8-9,11H2,1-2H3,(H,18,19,20). The van der Waals surface area contributed by atoms with Gasteiger partial charge in [0.2, 0.25) is 0 Å². The topological polar surface area (TPSA) is 47.0 Å². The first-order valence-corrected chi connectivity index (χ1v) is 7.44. The van der Waals surface area contributed by atoms with Gasteiger partial charge in [-0.1, -0.05) is 55.8 Å². The van der Waals surface area contributed by atoms with Crippen LogP contribution in [0.25, 0.3) is 11.4 Å². The zero-order valence-electron chi connectivity index (χ0n) is 12.3. The van der Waals surface area contributed by atoms with Gasteiger partial charge in [0.05, 0.1) is 6.61 Å². The normalized spacial score (nSPS) is 10.9. The van der Waals surface area contributed by atoms with Crippen LogP contribution in [0.5, 0.6) is 0 Å². The van der Waals surface area contributed by atoms with E-state index in [2.05, 4.69) is 29.1 Å². The zero-order valence-corrected chi connectivity index (χ0v) is 13.1. The lowest BCUT2D eigenvalue weighted by Crippen LogP contribution is -2.13. The second kappa shape index (κ2) is 7.96. The SMILES string of the molecule is CC(C)COCCNc1cc(Cl)nc(-c2ccccc2)n1. The Labute approximate surface area is 130 Å². The molecule has 0 amide bonds. The van der Waals surface area contributed by atoms with E-state index in [0.29, 0.717) is 35.9 Å². The van der Waals surface area contributed by atoms with Crippen molar-refractivity contribution in [2.45, 2.75) is 13.8 Å². The molecule has 0 aliphatic rings. The third kappa shape index (κ3) is 5.33. The molecule has 0 spiro atoms. The number of nitrogens with zero attached hydrogens (tertiary/aromatic N) is 2. The Morgan fingerprint density at radius 3 is 2.67 bits per heavy atom. The van der Waals surface area contributed by atoms with Crippen molar-refractivity contribution in [1.82, 2.24) is 9.97 Å². The number of hydrogen-bond donors (Lipinski definition) is 1. The molecule has 0 aliphatic heterocycles. The molecule has 0 aliphatic carbocycles. The summed E-state index contributed by atoms with van der Waals surface area (Å²) in [6, 6.07) is 11.5. The van der Waals surface area contributed by atoms with Crippen LogP contribution in [0.4, 0.5) is 5.82 Å². The van der Waals surface area contributed by atoms with Gasteiger partial charge in [-0.05, 0) is 5.92 Å². The van der Waals surface area contributed by atoms with Gasteiger partial charge in [0.15, 0.2) is 5.82 Å². The smallest absolute Gasteiger partial charge is 0.163 e. The first kappa shape index (κ1) is 15.7. The Kier molecular flexibility index (Phi) is 5.96. The highest BCUT2D eigenvalue weighted by molar-refractivity contribution is 6.29. The molecule has 2 rings (SSSR count). The lowest BCUT2D eigenvalue weighted by molar-refractivity contribution is 0.118. The van der Waals surface area contributed by atoms with Gasteiger partial charge in [-0.25, -0.2) is 9.97 Å². The van der Waals surface area contributed by atoms with E-state index in [1.807, 2.05) is 30.3 Å². The van der Waals surface area contributed by atoms with E-state index >= 15 is 0 Å². The highest BCUT2D eigenvalue weighted by atomic mass is 35.5. The summed E-state index contributed by atoms with van der Waals surface area (Å²) in [5, 5.41) is 3.63. The predicted molar refractivity (Wildman–Crippen MR) is 86.6 cm³/mol. The lowest BCUT2D eigenvalue weighted by atomic mass is 10.2. The van der Waals surface area contributed by atoms with Crippen molar-refractivity contribution in [3.8, 4) is 11.4 Å². The summed E-state index contributed by atoms with van der Waals surface area (Å²) in [6.45, 7) is 6.35. The summed E-state index contributed by atoms with van der Waals surface area (Å²) in [5.74, 6) is 1.87. The van der Waals surface area contributed by atoms with Crippen LogP contribution in [0.15, 0.2) is 36.4 Å². The minimum Gasteiger partial charge on any atom is -0.379 e. The molecular formula is C16H20ClN3O. The van der Waals surface area contributed by atoms with Crippen molar-refractivity contribution >= 4 is 17.4 Å². The van der Waals surface area contributed by atoms with Crippen molar-refractivity contribution in [1.29, 1.82) is 0 Å². The van der Waals surface area contributed by atoms with E-state index in [0.717, 1.165) is 12.2 Å². The Balaban J connectivity index is 1.96. The molecule has 1 heterocycles. The molecule has 0 fully saturated rings. The van der Waals surface area contributed by atoms with Crippen LogP contribution in [-0.2, 0) is 4.74 Å². The molecule has 4 nitrogen and oxygen atoms in total. The lowest BCUT2D eigenvalue weighted by Gasteiger charge is -2.09. The molecule has 1 aromatic carbocycles. The zero-order chi connectivity index (χ0) is 15.1. The predicted octanol–water partition coefficient (Wildman–Crippen LogP) is 3.88. The van der Waals surface area contributed by atoms with Crippen molar-refractivity contribution in [3.63, 3.8) is 0 Å². The third-order valence-corrected chi connectivity index (χ3v) is 2.92. The maximum atomic E-state index is 6.06. The molecule has 2 aromatic rings. The molecule has 0 atom stereocenters. The molecule has 0 saturated heterocycles.